The summed E-state index contributed by atoms with van der Waals surface area (Å²) in [6.45, 7) is 5.59. The minimum Gasteiger partial charge on any atom is -0.488 e. The van der Waals surface area contributed by atoms with Crippen molar-refractivity contribution >= 4 is 16.7 Å². The number of carbonyl (C=O) groups is 1. The molecule has 5 rings (SSSR count). The first-order valence-corrected chi connectivity index (χ1v) is 12.0. The van der Waals surface area contributed by atoms with Crippen LogP contribution in [-0.4, -0.2) is 32.0 Å². The van der Waals surface area contributed by atoms with Crippen LogP contribution in [0.5, 0.6) is 5.75 Å². The van der Waals surface area contributed by atoms with Gasteiger partial charge in [-0.05, 0) is 56.0 Å². The van der Waals surface area contributed by atoms with E-state index in [-0.39, 0.29) is 18.2 Å². The van der Waals surface area contributed by atoms with Crippen molar-refractivity contribution in [3.63, 3.8) is 0 Å². The molecule has 0 bridgehead atoms. The number of hydrogen-bond donors (Lipinski definition) is 1. The minimum atomic E-state index is -0.221. The lowest BCUT2D eigenvalue weighted by Gasteiger charge is -2.13. The Hall–Kier alpha value is -3.88. The highest BCUT2D eigenvalue weighted by Crippen LogP contribution is 2.28. The van der Waals surface area contributed by atoms with Crippen LogP contribution in [0, 0.1) is 13.8 Å². The zero-order valence-electron chi connectivity index (χ0n) is 20.0. The van der Waals surface area contributed by atoms with E-state index >= 15 is 0 Å². The van der Waals surface area contributed by atoms with E-state index in [1.165, 1.54) is 4.68 Å². The number of fused-ring (bicyclic) bond motifs is 2. The Balaban J connectivity index is 1.28. The van der Waals surface area contributed by atoms with Gasteiger partial charge in [-0.15, -0.1) is 0 Å². The number of rotatable bonds is 8. The predicted molar refractivity (Wildman–Crippen MR) is 131 cm³/mol. The summed E-state index contributed by atoms with van der Waals surface area (Å²) < 4.78 is 14.6. The highest BCUT2D eigenvalue weighted by atomic mass is 16.5. The van der Waals surface area contributed by atoms with Gasteiger partial charge in [0, 0.05) is 26.1 Å². The third kappa shape index (κ3) is 4.71. The Labute approximate surface area is 202 Å². The monoisotopic (exact) mass is 475 g/mol. The van der Waals surface area contributed by atoms with E-state index in [1.54, 1.807) is 4.57 Å². The molecule has 0 unspecified atom stereocenters. The molecule has 0 atom stereocenters. The zero-order valence-corrected chi connectivity index (χ0v) is 20.0. The van der Waals surface area contributed by atoms with E-state index in [0.29, 0.717) is 36.6 Å². The summed E-state index contributed by atoms with van der Waals surface area (Å²) in [6, 6.07) is 11.6. The van der Waals surface area contributed by atoms with Gasteiger partial charge in [0.2, 0.25) is 0 Å². The number of aromatic nitrogens is 4. The highest BCUT2D eigenvalue weighted by molar-refractivity contribution is 6.01. The van der Waals surface area contributed by atoms with E-state index in [9.17, 15) is 9.59 Å². The molecular weight excluding hydrogens is 446 g/mol. The van der Waals surface area contributed by atoms with E-state index < -0.39 is 0 Å². The van der Waals surface area contributed by atoms with Gasteiger partial charge in [-0.3, -0.25) is 9.36 Å². The van der Waals surface area contributed by atoms with Gasteiger partial charge >= 0.3 is 5.69 Å². The zero-order chi connectivity index (χ0) is 24.4. The quantitative estimate of drug-likeness (QED) is 0.391. The summed E-state index contributed by atoms with van der Waals surface area (Å²) in [7, 11) is 0. The molecule has 0 fully saturated rings. The second kappa shape index (κ2) is 9.77. The van der Waals surface area contributed by atoms with Gasteiger partial charge in [-0.2, -0.15) is 5.10 Å². The number of nitrogens with zero attached hydrogens (tertiary/aromatic N) is 4. The van der Waals surface area contributed by atoms with Gasteiger partial charge < -0.3 is 14.6 Å². The van der Waals surface area contributed by atoms with Crippen molar-refractivity contribution in [3.05, 3.63) is 75.3 Å². The number of benzene rings is 2. The molecule has 0 radical (unpaired) electrons. The number of amides is 1. The summed E-state index contributed by atoms with van der Waals surface area (Å²) in [4.78, 5) is 25.6. The Kier molecular flexibility index (Phi) is 6.39. The molecule has 1 aliphatic heterocycles. The number of hydrogen-bond acceptors (Lipinski definition) is 6. The third-order valence-corrected chi connectivity index (χ3v) is 6.51. The molecule has 1 amide bonds. The van der Waals surface area contributed by atoms with E-state index in [0.717, 1.165) is 53.7 Å². The van der Waals surface area contributed by atoms with Crippen LogP contribution < -0.4 is 15.7 Å². The van der Waals surface area contributed by atoms with Gasteiger partial charge in [0.25, 0.3) is 5.91 Å². The Bertz CT molecular complexity index is 1410. The summed E-state index contributed by atoms with van der Waals surface area (Å²) in [5, 5.41) is 13.3. The number of nitrogens with one attached hydrogen (secondary N) is 1. The third-order valence-electron chi connectivity index (χ3n) is 6.51. The van der Waals surface area contributed by atoms with Gasteiger partial charge in [-0.25, -0.2) is 9.48 Å². The molecule has 9 nitrogen and oxygen atoms in total. The molecule has 4 aromatic rings. The maximum Gasteiger partial charge on any atom is 0.345 e. The summed E-state index contributed by atoms with van der Waals surface area (Å²) in [5.41, 5.74) is 2.05. The molecule has 0 spiro atoms. The molecule has 3 heterocycles. The van der Waals surface area contributed by atoms with Crippen LogP contribution in [-0.2, 0) is 26.1 Å². The van der Waals surface area contributed by atoms with Crippen LogP contribution in [0.3, 0.4) is 0 Å². The molecule has 1 aliphatic rings. The van der Waals surface area contributed by atoms with Crippen LogP contribution in [0.2, 0.25) is 0 Å². The minimum absolute atomic E-state index is 0.0597. The molecule has 0 saturated carbocycles. The van der Waals surface area contributed by atoms with Crippen LogP contribution in [0.1, 0.15) is 52.5 Å². The lowest BCUT2D eigenvalue weighted by Crippen LogP contribution is -2.29. The molecule has 0 saturated heterocycles. The summed E-state index contributed by atoms with van der Waals surface area (Å²) >= 11 is 0. The number of carbonyl (C=O) groups excluding carboxylic acids is 1. The molecule has 1 N–H and O–H groups in total. The van der Waals surface area contributed by atoms with Gasteiger partial charge in [-0.1, -0.05) is 29.4 Å². The van der Waals surface area contributed by atoms with Crippen LogP contribution in [0.25, 0.3) is 10.8 Å². The van der Waals surface area contributed by atoms with Crippen molar-refractivity contribution in [2.24, 2.45) is 0 Å². The maximum absolute atomic E-state index is 13.1. The Morgan fingerprint density at radius 1 is 1.17 bits per heavy atom. The fraction of sp³-hybridized carbons (Fsp3) is 0.385. The highest BCUT2D eigenvalue weighted by Gasteiger charge is 2.18. The first kappa shape index (κ1) is 22.9. The van der Waals surface area contributed by atoms with Crippen LogP contribution in [0.4, 0.5) is 0 Å². The summed E-state index contributed by atoms with van der Waals surface area (Å²) in [5.74, 6) is 1.84. The van der Waals surface area contributed by atoms with E-state index in [1.807, 2.05) is 50.2 Å². The average Bonchev–Trinajstić information content (AvgIpc) is 3.37. The maximum atomic E-state index is 13.1. The largest absolute Gasteiger partial charge is 0.488 e. The van der Waals surface area contributed by atoms with E-state index in [2.05, 4.69) is 15.6 Å². The molecule has 0 aliphatic carbocycles. The lowest BCUT2D eigenvalue weighted by molar-refractivity contribution is 0.0948. The fourth-order valence-corrected chi connectivity index (χ4v) is 4.49. The first-order valence-electron chi connectivity index (χ1n) is 12.0. The lowest BCUT2D eigenvalue weighted by atomic mass is 10.1. The first-order chi connectivity index (χ1) is 17.0. The summed E-state index contributed by atoms with van der Waals surface area (Å²) in [6.07, 6.45) is 3.53. The Morgan fingerprint density at radius 2 is 1.97 bits per heavy atom. The second-order valence-electron chi connectivity index (χ2n) is 8.93. The molecule has 2 aromatic carbocycles. The number of aryl methyl sites for hydroxylation is 4. The predicted octanol–water partition coefficient (Wildman–Crippen LogP) is 3.54. The molecule has 35 heavy (non-hydrogen) atoms. The van der Waals surface area contributed by atoms with Crippen LogP contribution >= 0.6 is 0 Å². The van der Waals surface area contributed by atoms with Gasteiger partial charge in [0.05, 0.1) is 16.8 Å². The molecule has 2 aromatic heterocycles. The fourth-order valence-electron chi connectivity index (χ4n) is 4.49. The standard InChI is InChI=1S/C26H29N5O4/c1-17-22(18(2)35-29-17)16-34-23-15-20-9-4-3-8-19(20)14-21(23)25(32)27-11-7-13-31-26(33)30-12-6-5-10-24(30)28-31/h3-4,8-9,14-15H,5-7,10-13,16H2,1-2H3,(H,27,32). The van der Waals surface area contributed by atoms with Crippen molar-refractivity contribution in [2.75, 3.05) is 6.54 Å². The Morgan fingerprint density at radius 3 is 2.71 bits per heavy atom. The van der Waals surface area contributed by atoms with Crippen LogP contribution in [0.15, 0.2) is 45.7 Å². The SMILES string of the molecule is Cc1noc(C)c1COc1cc2ccccc2cc1C(=O)NCCCn1nc2n(c1=O)CCCC2. The second-order valence-corrected chi connectivity index (χ2v) is 8.93. The van der Waals surface area contributed by atoms with Crippen molar-refractivity contribution in [3.8, 4) is 5.75 Å². The normalized spacial score (nSPS) is 13.1. The van der Waals surface area contributed by atoms with Gasteiger partial charge in [0.1, 0.15) is 23.9 Å². The topological polar surface area (TPSA) is 104 Å². The van der Waals surface area contributed by atoms with E-state index in [4.69, 9.17) is 9.26 Å². The van der Waals surface area contributed by atoms with Crippen molar-refractivity contribution in [2.45, 2.75) is 59.2 Å². The number of ether oxygens (including phenoxy) is 1. The van der Waals surface area contributed by atoms with Crippen molar-refractivity contribution < 1.29 is 14.1 Å². The van der Waals surface area contributed by atoms with Crippen molar-refractivity contribution in [1.82, 2.24) is 24.8 Å². The van der Waals surface area contributed by atoms with Crippen molar-refractivity contribution in [1.29, 1.82) is 0 Å². The average molecular weight is 476 g/mol. The smallest absolute Gasteiger partial charge is 0.345 e. The molecular formula is C26H29N5O4. The van der Waals surface area contributed by atoms with Gasteiger partial charge in [0.15, 0.2) is 0 Å². The molecule has 9 heteroatoms. The molecule has 182 valence electrons.